The van der Waals surface area contributed by atoms with Crippen LogP contribution >= 0.6 is 11.6 Å². The molecule has 0 aliphatic rings. The molecule has 0 saturated carbocycles. The van der Waals surface area contributed by atoms with Crippen LogP contribution in [0.1, 0.15) is 40.5 Å². The summed E-state index contributed by atoms with van der Waals surface area (Å²) in [5.41, 5.74) is 6.28. The fourth-order valence-corrected chi connectivity index (χ4v) is 3.77. The van der Waals surface area contributed by atoms with Gasteiger partial charge in [-0.3, -0.25) is 0 Å². The van der Waals surface area contributed by atoms with Gasteiger partial charge in [0.15, 0.2) is 0 Å². The summed E-state index contributed by atoms with van der Waals surface area (Å²) in [5.74, 6) is 0. The Labute approximate surface area is 182 Å². The van der Waals surface area contributed by atoms with E-state index in [1.807, 2.05) is 72.8 Å². The van der Waals surface area contributed by atoms with E-state index in [1.54, 1.807) is 0 Å². The summed E-state index contributed by atoms with van der Waals surface area (Å²) in [6, 6.07) is 26.1. The second kappa shape index (κ2) is 9.25. The van der Waals surface area contributed by atoms with Crippen LogP contribution in [0.15, 0.2) is 78.9 Å². The summed E-state index contributed by atoms with van der Waals surface area (Å²) in [6.45, 7) is 2.11. The number of nitrogens with zero attached hydrogens (tertiary/aromatic N) is 1. The molecule has 0 unspecified atom stereocenters. The molecule has 1 N–H and O–H groups in total. The zero-order chi connectivity index (χ0) is 20.9. The van der Waals surface area contributed by atoms with Crippen LogP contribution in [0.25, 0.3) is 23.1 Å². The molecule has 3 heteroatoms. The van der Waals surface area contributed by atoms with Gasteiger partial charge in [-0.25, -0.2) is 4.98 Å². The van der Waals surface area contributed by atoms with Gasteiger partial charge in [-0.15, -0.1) is 0 Å². The van der Waals surface area contributed by atoms with Crippen molar-refractivity contribution in [2.45, 2.75) is 25.9 Å². The van der Waals surface area contributed by atoms with Crippen LogP contribution in [-0.2, 0) is 6.42 Å². The third kappa shape index (κ3) is 4.96. The number of aliphatic hydroxyl groups excluding tert-OH is 1. The van der Waals surface area contributed by atoms with Crippen LogP contribution < -0.4 is 0 Å². The Morgan fingerprint density at radius 3 is 2.63 bits per heavy atom. The van der Waals surface area contributed by atoms with E-state index in [-0.39, 0.29) is 0 Å². The average Bonchev–Trinajstić information content (AvgIpc) is 2.77. The molecule has 30 heavy (non-hydrogen) atoms. The maximum atomic E-state index is 10.7. The Balaban J connectivity index is 1.47. The summed E-state index contributed by atoms with van der Waals surface area (Å²) >= 11 is 6.08. The van der Waals surface area contributed by atoms with E-state index >= 15 is 0 Å². The van der Waals surface area contributed by atoms with E-state index in [0.717, 1.165) is 34.1 Å². The third-order valence-electron chi connectivity index (χ3n) is 5.37. The molecule has 4 rings (SSSR count). The highest BCUT2D eigenvalue weighted by atomic mass is 35.5. The summed E-state index contributed by atoms with van der Waals surface area (Å²) in [4.78, 5) is 4.66. The van der Waals surface area contributed by atoms with Gasteiger partial charge in [0, 0.05) is 10.4 Å². The number of aromatic nitrogens is 1. The lowest BCUT2D eigenvalue weighted by Gasteiger charge is -2.13. The first-order chi connectivity index (χ1) is 14.6. The molecule has 0 saturated heterocycles. The molecule has 3 aromatic carbocycles. The lowest BCUT2D eigenvalue weighted by atomic mass is 9.97. The van der Waals surface area contributed by atoms with Crippen molar-refractivity contribution in [3.63, 3.8) is 0 Å². The highest BCUT2D eigenvalue weighted by Crippen LogP contribution is 2.23. The fourth-order valence-electron chi connectivity index (χ4n) is 3.60. The van der Waals surface area contributed by atoms with Crippen molar-refractivity contribution >= 4 is 34.7 Å². The van der Waals surface area contributed by atoms with Gasteiger partial charge in [0.1, 0.15) is 0 Å². The number of hydrogen-bond donors (Lipinski definition) is 1. The monoisotopic (exact) mass is 413 g/mol. The van der Waals surface area contributed by atoms with Crippen molar-refractivity contribution in [3.05, 3.63) is 112 Å². The number of benzene rings is 3. The highest BCUT2D eigenvalue weighted by molar-refractivity contribution is 6.31. The summed E-state index contributed by atoms with van der Waals surface area (Å²) in [7, 11) is 0. The normalized spacial score (nSPS) is 12.5. The smallest absolute Gasteiger partial charge is 0.0793 e. The predicted octanol–water partition coefficient (Wildman–Crippen LogP) is 7.03. The second-order valence-corrected chi connectivity index (χ2v) is 7.99. The topological polar surface area (TPSA) is 33.1 Å². The molecule has 1 atom stereocenters. The first-order valence-corrected chi connectivity index (χ1v) is 10.5. The summed E-state index contributed by atoms with van der Waals surface area (Å²) in [5, 5.41) is 12.4. The molecule has 1 heterocycles. The number of halogens is 1. The molecule has 0 aliphatic heterocycles. The van der Waals surface area contributed by atoms with E-state index in [2.05, 4.69) is 30.1 Å². The Morgan fingerprint density at radius 1 is 0.933 bits per heavy atom. The van der Waals surface area contributed by atoms with Crippen LogP contribution in [0.5, 0.6) is 0 Å². The Kier molecular flexibility index (Phi) is 6.27. The lowest BCUT2D eigenvalue weighted by Crippen LogP contribution is -2.01. The standard InChI is InChI=1S/C27H24ClNO/c1-19-5-2-3-7-21(19)12-16-27(30)23-8-4-6-20(17-23)9-14-25-15-11-22-10-13-24(28)18-26(22)29-25/h2-11,13-15,17-18,27,30H,12,16H2,1H3/b14-9+/t27-/m0/s1. The SMILES string of the molecule is Cc1ccccc1CC[C@H](O)c1cccc(/C=C/c2ccc3ccc(Cl)cc3n2)c1. The fraction of sp³-hybridized carbons (Fsp3) is 0.148. The van der Waals surface area contributed by atoms with E-state index < -0.39 is 6.10 Å². The molecule has 150 valence electrons. The Bertz CT molecular complexity index is 1200. The van der Waals surface area contributed by atoms with Gasteiger partial charge in [0.05, 0.1) is 17.3 Å². The maximum Gasteiger partial charge on any atom is 0.0793 e. The van der Waals surface area contributed by atoms with E-state index in [9.17, 15) is 5.11 Å². The predicted molar refractivity (Wildman–Crippen MR) is 127 cm³/mol. The van der Waals surface area contributed by atoms with Gasteiger partial charge in [-0.1, -0.05) is 72.3 Å². The van der Waals surface area contributed by atoms with Crippen molar-refractivity contribution in [1.82, 2.24) is 4.98 Å². The maximum absolute atomic E-state index is 10.7. The number of aryl methyl sites for hydroxylation is 2. The molecule has 0 fully saturated rings. The molecule has 0 amide bonds. The van der Waals surface area contributed by atoms with Crippen LogP contribution in [0.4, 0.5) is 0 Å². The van der Waals surface area contributed by atoms with Crippen LogP contribution in [-0.4, -0.2) is 10.1 Å². The van der Waals surface area contributed by atoms with Crippen molar-refractivity contribution in [2.75, 3.05) is 0 Å². The first kappa shape index (κ1) is 20.3. The highest BCUT2D eigenvalue weighted by Gasteiger charge is 2.09. The van der Waals surface area contributed by atoms with Gasteiger partial charge in [-0.05, 0) is 72.4 Å². The number of fused-ring (bicyclic) bond motifs is 1. The zero-order valence-corrected chi connectivity index (χ0v) is 17.7. The first-order valence-electron chi connectivity index (χ1n) is 10.2. The van der Waals surface area contributed by atoms with Crippen LogP contribution in [0.2, 0.25) is 5.02 Å². The number of rotatable bonds is 6. The van der Waals surface area contributed by atoms with Crippen LogP contribution in [0.3, 0.4) is 0 Å². The van der Waals surface area contributed by atoms with Gasteiger partial charge in [-0.2, -0.15) is 0 Å². The molecule has 0 spiro atoms. The molecule has 0 aliphatic carbocycles. The minimum atomic E-state index is -0.487. The number of hydrogen-bond acceptors (Lipinski definition) is 2. The lowest BCUT2D eigenvalue weighted by molar-refractivity contribution is 0.168. The van der Waals surface area contributed by atoms with E-state index in [4.69, 9.17) is 11.6 Å². The van der Waals surface area contributed by atoms with Gasteiger partial charge in [0.25, 0.3) is 0 Å². The molecular formula is C27H24ClNO. The molecular weight excluding hydrogens is 390 g/mol. The molecule has 1 aromatic heterocycles. The quantitative estimate of drug-likeness (QED) is 0.368. The number of pyridine rings is 1. The third-order valence-corrected chi connectivity index (χ3v) is 5.60. The van der Waals surface area contributed by atoms with Crippen molar-refractivity contribution in [2.24, 2.45) is 0 Å². The second-order valence-electron chi connectivity index (χ2n) is 7.56. The number of aliphatic hydroxyl groups is 1. The van der Waals surface area contributed by atoms with Gasteiger partial charge in [0.2, 0.25) is 0 Å². The van der Waals surface area contributed by atoms with Crippen molar-refractivity contribution in [1.29, 1.82) is 0 Å². The van der Waals surface area contributed by atoms with Gasteiger partial charge < -0.3 is 5.11 Å². The average molecular weight is 414 g/mol. The minimum absolute atomic E-state index is 0.487. The van der Waals surface area contributed by atoms with Crippen LogP contribution in [0, 0.1) is 6.92 Å². The molecule has 0 bridgehead atoms. The summed E-state index contributed by atoms with van der Waals surface area (Å²) < 4.78 is 0. The summed E-state index contributed by atoms with van der Waals surface area (Å²) in [6.07, 6.45) is 5.08. The van der Waals surface area contributed by atoms with E-state index in [0.29, 0.717) is 11.4 Å². The Hall–Kier alpha value is -2.94. The van der Waals surface area contributed by atoms with Gasteiger partial charge >= 0.3 is 0 Å². The van der Waals surface area contributed by atoms with E-state index in [1.165, 1.54) is 11.1 Å². The Morgan fingerprint density at radius 2 is 1.77 bits per heavy atom. The minimum Gasteiger partial charge on any atom is -0.388 e. The zero-order valence-electron chi connectivity index (χ0n) is 16.9. The van der Waals surface area contributed by atoms with Crippen molar-refractivity contribution in [3.8, 4) is 0 Å². The molecule has 4 aromatic rings. The molecule has 2 nitrogen and oxygen atoms in total. The molecule has 0 radical (unpaired) electrons. The van der Waals surface area contributed by atoms with Crippen molar-refractivity contribution < 1.29 is 5.11 Å². The largest absolute Gasteiger partial charge is 0.388 e.